The van der Waals surface area contributed by atoms with Crippen molar-refractivity contribution in [2.45, 2.75) is 6.61 Å². The van der Waals surface area contributed by atoms with E-state index in [1.807, 2.05) is 78.7 Å². The van der Waals surface area contributed by atoms with Crippen molar-refractivity contribution in [3.05, 3.63) is 89.0 Å². The minimum Gasteiger partial charge on any atom is -0.492 e. The maximum absolute atomic E-state index is 11.6. The number of amides is 2. The molecule has 0 saturated carbocycles. The van der Waals surface area contributed by atoms with Gasteiger partial charge in [-0.25, -0.2) is 4.98 Å². The fourth-order valence-corrected chi connectivity index (χ4v) is 3.75. The molecule has 1 saturated heterocycles. The van der Waals surface area contributed by atoms with Gasteiger partial charge in [0.2, 0.25) is 0 Å². The predicted molar refractivity (Wildman–Crippen MR) is 129 cm³/mol. The molecule has 1 aromatic heterocycles. The van der Waals surface area contributed by atoms with Crippen LogP contribution in [0.3, 0.4) is 0 Å². The zero-order valence-corrected chi connectivity index (χ0v) is 18.9. The van der Waals surface area contributed by atoms with Gasteiger partial charge in [-0.1, -0.05) is 42.5 Å². The Labute approximate surface area is 196 Å². The Morgan fingerprint density at radius 3 is 2.39 bits per heavy atom. The van der Waals surface area contributed by atoms with Gasteiger partial charge in [-0.05, 0) is 53.2 Å². The number of ether oxygens (including phenoxy) is 2. The normalized spacial score (nSPS) is 14.3. The molecule has 1 N–H and O–H groups in total. The number of likely N-dealkylation sites (N-methyl/N-ethyl adjacent to an activating group) is 1. The van der Waals surface area contributed by atoms with Crippen LogP contribution in [0.5, 0.6) is 11.5 Å². The van der Waals surface area contributed by atoms with Gasteiger partial charge in [-0.2, -0.15) is 0 Å². The van der Waals surface area contributed by atoms with E-state index in [1.54, 1.807) is 12.3 Å². The lowest BCUT2D eigenvalue weighted by atomic mass is 10.2. The Morgan fingerprint density at radius 2 is 1.73 bits per heavy atom. The van der Waals surface area contributed by atoms with Crippen LogP contribution in [0.25, 0.3) is 6.08 Å². The summed E-state index contributed by atoms with van der Waals surface area (Å²) in [5.74, 6) is 1.91. The molecule has 0 aliphatic carbocycles. The van der Waals surface area contributed by atoms with Crippen LogP contribution in [0, 0.1) is 0 Å². The summed E-state index contributed by atoms with van der Waals surface area (Å²) in [6.07, 6.45) is 3.40. The van der Waals surface area contributed by atoms with Gasteiger partial charge >= 0.3 is 0 Å². The van der Waals surface area contributed by atoms with Gasteiger partial charge in [-0.15, -0.1) is 0 Å². The molecule has 0 unspecified atom stereocenters. The first-order chi connectivity index (χ1) is 16.1. The number of rotatable bonds is 9. The van der Waals surface area contributed by atoms with Gasteiger partial charge < -0.3 is 14.4 Å². The number of carbonyl (C=O) groups is 2. The molecule has 2 aromatic carbocycles. The van der Waals surface area contributed by atoms with Gasteiger partial charge in [0, 0.05) is 7.05 Å². The number of carbonyl (C=O) groups excluding carboxylic acids is 2. The monoisotopic (exact) mass is 461 g/mol. The highest BCUT2D eigenvalue weighted by atomic mass is 32.2. The van der Waals surface area contributed by atoms with Crippen molar-refractivity contribution in [2.24, 2.45) is 0 Å². The number of anilines is 1. The first-order valence-electron chi connectivity index (χ1n) is 10.4. The van der Waals surface area contributed by atoms with Gasteiger partial charge in [-0.3, -0.25) is 14.9 Å². The van der Waals surface area contributed by atoms with Crippen molar-refractivity contribution in [1.82, 2.24) is 10.3 Å². The SMILES string of the molecule is CN(CCOc1ccc(/C=C2\SC(=O)NC2=O)cc1)c1ccc(OCc2ccccc2)cn1. The van der Waals surface area contributed by atoms with Gasteiger partial charge in [0.15, 0.2) is 0 Å². The van der Waals surface area contributed by atoms with Crippen LogP contribution < -0.4 is 19.7 Å². The third-order valence-corrected chi connectivity index (χ3v) is 5.69. The number of nitrogens with one attached hydrogen (secondary N) is 1. The van der Waals surface area contributed by atoms with Crippen molar-refractivity contribution in [1.29, 1.82) is 0 Å². The molecular formula is C25H23N3O4S. The molecule has 168 valence electrons. The lowest BCUT2D eigenvalue weighted by Crippen LogP contribution is -2.24. The highest BCUT2D eigenvalue weighted by molar-refractivity contribution is 8.18. The minimum absolute atomic E-state index is 0.348. The number of pyridine rings is 1. The van der Waals surface area contributed by atoms with Crippen LogP contribution in [0.2, 0.25) is 0 Å². The summed E-state index contributed by atoms with van der Waals surface area (Å²) >= 11 is 0.901. The first-order valence-corrected chi connectivity index (χ1v) is 11.2. The minimum atomic E-state index is -0.363. The van der Waals surface area contributed by atoms with Gasteiger partial charge in [0.25, 0.3) is 11.1 Å². The second-order valence-corrected chi connectivity index (χ2v) is 8.33. The number of thioether (sulfide) groups is 1. The summed E-state index contributed by atoms with van der Waals surface area (Å²) in [6.45, 7) is 1.64. The van der Waals surface area contributed by atoms with E-state index in [0.29, 0.717) is 24.7 Å². The molecule has 1 aliphatic rings. The second kappa shape index (κ2) is 10.7. The number of hydrogen-bond donors (Lipinski definition) is 1. The van der Waals surface area contributed by atoms with Crippen molar-refractivity contribution in [2.75, 3.05) is 25.1 Å². The van der Waals surface area contributed by atoms with Gasteiger partial charge in [0.1, 0.15) is 30.5 Å². The molecule has 0 atom stereocenters. The van der Waals surface area contributed by atoms with E-state index in [9.17, 15) is 9.59 Å². The molecule has 7 nitrogen and oxygen atoms in total. The van der Waals surface area contributed by atoms with E-state index < -0.39 is 0 Å². The number of hydrogen-bond acceptors (Lipinski definition) is 7. The maximum atomic E-state index is 11.6. The Balaban J connectivity index is 1.22. The van der Waals surface area contributed by atoms with E-state index in [2.05, 4.69) is 10.3 Å². The van der Waals surface area contributed by atoms with Crippen LogP contribution in [-0.2, 0) is 11.4 Å². The Kier molecular flexibility index (Phi) is 7.26. The molecule has 3 aromatic rings. The summed E-state index contributed by atoms with van der Waals surface area (Å²) in [7, 11) is 1.96. The highest BCUT2D eigenvalue weighted by Gasteiger charge is 2.24. The summed E-state index contributed by atoms with van der Waals surface area (Å²) in [5.41, 5.74) is 1.93. The zero-order valence-electron chi connectivity index (χ0n) is 18.1. The summed E-state index contributed by atoms with van der Waals surface area (Å²) in [6, 6.07) is 21.2. The molecular weight excluding hydrogens is 438 g/mol. The summed E-state index contributed by atoms with van der Waals surface area (Å²) in [5, 5.41) is 1.89. The van der Waals surface area contributed by atoms with Crippen molar-refractivity contribution < 1.29 is 19.1 Å². The largest absolute Gasteiger partial charge is 0.492 e. The fraction of sp³-hybridized carbons (Fsp3) is 0.160. The highest BCUT2D eigenvalue weighted by Crippen LogP contribution is 2.26. The van der Waals surface area contributed by atoms with Crippen LogP contribution in [0.4, 0.5) is 10.6 Å². The van der Waals surface area contributed by atoms with Crippen LogP contribution in [0.1, 0.15) is 11.1 Å². The molecule has 8 heteroatoms. The third kappa shape index (κ3) is 6.36. The number of nitrogens with zero attached hydrogens (tertiary/aromatic N) is 2. The average molecular weight is 462 g/mol. The quantitative estimate of drug-likeness (QED) is 0.470. The molecule has 1 fully saturated rings. The number of aromatic nitrogens is 1. The summed E-state index contributed by atoms with van der Waals surface area (Å²) in [4.78, 5) is 29.7. The molecule has 1 aliphatic heterocycles. The Bertz CT molecular complexity index is 1130. The van der Waals surface area contributed by atoms with Crippen molar-refractivity contribution >= 4 is 34.8 Å². The smallest absolute Gasteiger partial charge is 0.290 e. The molecule has 0 radical (unpaired) electrons. The number of benzene rings is 2. The molecule has 2 amide bonds. The second-order valence-electron chi connectivity index (χ2n) is 7.32. The van der Waals surface area contributed by atoms with E-state index in [1.165, 1.54) is 0 Å². The van der Waals surface area contributed by atoms with Crippen LogP contribution in [0.15, 0.2) is 77.8 Å². The number of imide groups is 1. The van der Waals surface area contributed by atoms with E-state index >= 15 is 0 Å². The molecule has 0 bridgehead atoms. The zero-order chi connectivity index (χ0) is 23.0. The van der Waals surface area contributed by atoms with Crippen LogP contribution in [-0.4, -0.2) is 36.3 Å². The van der Waals surface area contributed by atoms with E-state index in [4.69, 9.17) is 9.47 Å². The average Bonchev–Trinajstić information content (AvgIpc) is 3.16. The summed E-state index contributed by atoms with van der Waals surface area (Å²) < 4.78 is 11.6. The Morgan fingerprint density at radius 1 is 0.970 bits per heavy atom. The third-order valence-electron chi connectivity index (χ3n) is 4.88. The lowest BCUT2D eigenvalue weighted by molar-refractivity contribution is -0.115. The predicted octanol–water partition coefficient (Wildman–Crippen LogP) is 4.50. The Hall–Kier alpha value is -3.78. The van der Waals surface area contributed by atoms with Gasteiger partial charge in [0.05, 0.1) is 17.6 Å². The maximum Gasteiger partial charge on any atom is 0.290 e. The fourth-order valence-electron chi connectivity index (χ4n) is 3.07. The van der Waals surface area contributed by atoms with Crippen molar-refractivity contribution in [3.8, 4) is 11.5 Å². The molecule has 4 rings (SSSR count). The first kappa shape index (κ1) is 22.4. The van der Waals surface area contributed by atoms with Crippen molar-refractivity contribution in [3.63, 3.8) is 0 Å². The standard InChI is InChI=1S/C25H23N3O4S/c1-28(23-12-11-21(16-26-23)32-17-19-5-3-2-4-6-19)13-14-31-20-9-7-18(8-10-20)15-22-24(29)27-25(30)33-22/h2-12,15-16H,13-14,17H2,1H3,(H,27,29,30)/b22-15-. The molecule has 2 heterocycles. The van der Waals surface area contributed by atoms with Crippen LogP contribution >= 0.6 is 11.8 Å². The lowest BCUT2D eigenvalue weighted by Gasteiger charge is -2.18. The van der Waals surface area contributed by atoms with E-state index in [-0.39, 0.29) is 11.1 Å². The molecule has 0 spiro atoms. The molecule has 33 heavy (non-hydrogen) atoms. The topological polar surface area (TPSA) is 80.8 Å². The van der Waals surface area contributed by atoms with E-state index in [0.717, 1.165) is 40.2 Å².